The first-order chi connectivity index (χ1) is 8.72. The highest BCUT2D eigenvalue weighted by Gasteiger charge is 2.21. The Bertz CT molecular complexity index is 630. The van der Waals surface area contributed by atoms with Crippen molar-refractivity contribution < 1.29 is 0 Å². The lowest BCUT2D eigenvalue weighted by Gasteiger charge is -2.23. The molecule has 1 heterocycles. The number of aryl methyl sites for hydroxylation is 2. The summed E-state index contributed by atoms with van der Waals surface area (Å²) in [7, 11) is 0. The van der Waals surface area contributed by atoms with Gasteiger partial charge in [0.25, 0.3) is 5.56 Å². The lowest BCUT2D eigenvalue weighted by Crippen LogP contribution is -2.19. The maximum Gasteiger partial charge on any atom is 0.251 e. The minimum absolute atomic E-state index is 0.0450. The summed E-state index contributed by atoms with van der Waals surface area (Å²) in [6.07, 6.45) is 3.10. The van der Waals surface area contributed by atoms with Gasteiger partial charge in [-0.05, 0) is 37.3 Å². The van der Waals surface area contributed by atoms with E-state index in [1.165, 1.54) is 11.1 Å². The Balaban J connectivity index is 1.94. The van der Waals surface area contributed by atoms with Crippen molar-refractivity contribution in [3.8, 4) is 0 Å². The summed E-state index contributed by atoms with van der Waals surface area (Å²) >= 11 is 0. The molecule has 1 N–H and O–H groups in total. The molecule has 18 heavy (non-hydrogen) atoms. The number of benzene rings is 1. The Morgan fingerprint density at radius 2 is 2.06 bits per heavy atom. The van der Waals surface area contributed by atoms with Crippen LogP contribution in [0.25, 0.3) is 0 Å². The van der Waals surface area contributed by atoms with E-state index in [-0.39, 0.29) is 5.56 Å². The normalized spacial score (nSPS) is 18.4. The van der Waals surface area contributed by atoms with Gasteiger partial charge < -0.3 is 4.98 Å². The van der Waals surface area contributed by atoms with Crippen LogP contribution in [0.4, 0.5) is 0 Å². The Hall–Kier alpha value is -1.90. The second-order valence-corrected chi connectivity index (χ2v) is 4.98. The molecule has 3 heteroatoms. The summed E-state index contributed by atoms with van der Waals surface area (Å²) in [5.41, 5.74) is 3.57. The molecule has 0 radical (unpaired) electrons. The van der Waals surface area contributed by atoms with E-state index in [1.807, 2.05) is 6.92 Å². The quantitative estimate of drug-likeness (QED) is 0.831. The van der Waals surface area contributed by atoms with Gasteiger partial charge >= 0.3 is 0 Å². The van der Waals surface area contributed by atoms with Gasteiger partial charge in [-0.2, -0.15) is 0 Å². The molecule has 1 atom stereocenters. The topological polar surface area (TPSA) is 45.8 Å². The molecule has 0 saturated heterocycles. The van der Waals surface area contributed by atoms with Gasteiger partial charge in [0, 0.05) is 17.7 Å². The molecule has 0 saturated carbocycles. The van der Waals surface area contributed by atoms with E-state index in [2.05, 4.69) is 34.2 Å². The molecule has 0 aliphatic heterocycles. The first-order valence-electron chi connectivity index (χ1n) is 6.37. The summed E-state index contributed by atoms with van der Waals surface area (Å²) in [6.45, 7) is 1.87. The van der Waals surface area contributed by atoms with Crippen molar-refractivity contribution >= 4 is 0 Å². The number of aromatic amines is 1. The monoisotopic (exact) mass is 240 g/mol. The Labute approximate surface area is 106 Å². The second-order valence-electron chi connectivity index (χ2n) is 4.98. The van der Waals surface area contributed by atoms with Crippen LogP contribution in [0.1, 0.15) is 35.0 Å². The van der Waals surface area contributed by atoms with Crippen LogP contribution in [0, 0.1) is 6.92 Å². The van der Waals surface area contributed by atoms with Crippen LogP contribution in [0.5, 0.6) is 0 Å². The van der Waals surface area contributed by atoms with Crippen molar-refractivity contribution in [2.24, 2.45) is 0 Å². The molecule has 3 nitrogen and oxygen atoms in total. The third kappa shape index (κ3) is 2.08. The predicted molar refractivity (Wildman–Crippen MR) is 70.8 cm³/mol. The minimum Gasteiger partial charge on any atom is -0.310 e. The summed E-state index contributed by atoms with van der Waals surface area (Å²) in [4.78, 5) is 18.9. The van der Waals surface area contributed by atoms with Crippen molar-refractivity contribution in [1.29, 1.82) is 0 Å². The number of fused-ring (bicyclic) bond motifs is 1. The maximum absolute atomic E-state index is 11.5. The maximum atomic E-state index is 11.5. The van der Waals surface area contributed by atoms with Gasteiger partial charge in [-0.15, -0.1) is 0 Å². The third-order valence-electron chi connectivity index (χ3n) is 3.62. The Morgan fingerprint density at radius 3 is 2.83 bits per heavy atom. The van der Waals surface area contributed by atoms with E-state index in [4.69, 9.17) is 0 Å². The molecule has 0 amide bonds. The molecule has 1 aliphatic rings. The van der Waals surface area contributed by atoms with Crippen molar-refractivity contribution in [1.82, 2.24) is 9.97 Å². The standard InChI is InChI=1S/C15H16N2O/c1-10-8-14(18)17-15(16-10)13-7-6-11-4-2-3-5-12(11)9-13/h2-5,8,13H,6-7,9H2,1H3,(H,16,17,18). The van der Waals surface area contributed by atoms with Crippen LogP contribution in [0.2, 0.25) is 0 Å². The molecule has 92 valence electrons. The molecular weight excluding hydrogens is 224 g/mol. The average Bonchev–Trinajstić information content (AvgIpc) is 2.37. The number of hydrogen-bond acceptors (Lipinski definition) is 2. The molecule has 1 unspecified atom stereocenters. The van der Waals surface area contributed by atoms with Gasteiger partial charge in [0.05, 0.1) is 0 Å². The molecule has 2 aromatic rings. The molecule has 0 bridgehead atoms. The van der Waals surface area contributed by atoms with E-state index in [1.54, 1.807) is 6.07 Å². The third-order valence-corrected chi connectivity index (χ3v) is 3.62. The smallest absolute Gasteiger partial charge is 0.251 e. The van der Waals surface area contributed by atoms with Crippen LogP contribution in [-0.2, 0) is 12.8 Å². The molecular formula is C15H16N2O. The highest BCUT2D eigenvalue weighted by molar-refractivity contribution is 5.31. The molecule has 0 spiro atoms. The van der Waals surface area contributed by atoms with Crippen molar-refractivity contribution in [3.63, 3.8) is 0 Å². The van der Waals surface area contributed by atoms with E-state index in [9.17, 15) is 4.79 Å². The zero-order chi connectivity index (χ0) is 12.5. The summed E-state index contributed by atoms with van der Waals surface area (Å²) in [5, 5.41) is 0. The zero-order valence-corrected chi connectivity index (χ0v) is 10.4. The van der Waals surface area contributed by atoms with E-state index < -0.39 is 0 Å². The minimum atomic E-state index is -0.0450. The Morgan fingerprint density at radius 1 is 1.28 bits per heavy atom. The first kappa shape index (κ1) is 11.2. The SMILES string of the molecule is Cc1cc(=O)[nH]c(C2CCc3ccccc3C2)n1. The number of hydrogen-bond donors (Lipinski definition) is 1. The zero-order valence-electron chi connectivity index (χ0n) is 10.4. The molecule has 0 fully saturated rings. The van der Waals surface area contributed by atoms with E-state index >= 15 is 0 Å². The van der Waals surface area contributed by atoms with Crippen molar-refractivity contribution in [3.05, 3.63) is 63.3 Å². The van der Waals surface area contributed by atoms with Crippen molar-refractivity contribution in [2.45, 2.75) is 32.1 Å². The number of nitrogens with zero attached hydrogens (tertiary/aromatic N) is 1. The van der Waals surface area contributed by atoms with E-state index in [0.29, 0.717) is 5.92 Å². The summed E-state index contributed by atoms with van der Waals surface area (Å²) in [5.74, 6) is 1.18. The molecule has 1 aliphatic carbocycles. The van der Waals surface area contributed by atoms with E-state index in [0.717, 1.165) is 30.8 Å². The lowest BCUT2D eigenvalue weighted by molar-refractivity contribution is 0.551. The first-order valence-corrected chi connectivity index (χ1v) is 6.37. The number of nitrogens with one attached hydrogen (secondary N) is 1. The lowest BCUT2D eigenvalue weighted by atomic mass is 9.83. The van der Waals surface area contributed by atoms with Gasteiger partial charge in [0.1, 0.15) is 5.82 Å². The highest BCUT2D eigenvalue weighted by atomic mass is 16.1. The summed E-state index contributed by atoms with van der Waals surface area (Å²) < 4.78 is 0. The second kappa shape index (κ2) is 4.41. The van der Waals surface area contributed by atoms with Crippen LogP contribution < -0.4 is 5.56 Å². The number of rotatable bonds is 1. The van der Waals surface area contributed by atoms with Crippen LogP contribution >= 0.6 is 0 Å². The van der Waals surface area contributed by atoms with Crippen LogP contribution in [0.15, 0.2) is 35.1 Å². The largest absolute Gasteiger partial charge is 0.310 e. The molecule has 1 aromatic carbocycles. The van der Waals surface area contributed by atoms with Crippen LogP contribution in [0.3, 0.4) is 0 Å². The molecule has 3 rings (SSSR count). The predicted octanol–water partition coefficient (Wildman–Crippen LogP) is 2.35. The van der Waals surface area contributed by atoms with Gasteiger partial charge in [0.2, 0.25) is 0 Å². The fourth-order valence-electron chi connectivity index (χ4n) is 2.73. The molecule has 1 aromatic heterocycles. The van der Waals surface area contributed by atoms with Gasteiger partial charge in [-0.3, -0.25) is 4.79 Å². The van der Waals surface area contributed by atoms with Crippen LogP contribution in [-0.4, -0.2) is 9.97 Å². The fourth-order valence-corrected chi connectivity index (χ4v) is 2.73. The van der Waals surface area contributed by atoms with Gasteiger partial charge in [-0.25, -0.2) is 4.98 Å². The number of H-pyrrole nitrogens is 1. The van der Waals surface area contributed by atoms with Gasteiger partial charge in [-0.1, -0.05) is 24.3 Å². The highest BCUT2D eigenvalue weighted by Crippen LogP contribution is 2.30. The number of aromatic nitrogens is 2. The Kier molecular flexibility index (Phi) is 2.74. The fraction of sp³-hybridized carbons (Fsp3) is 0.333. The summed E-state index contributed by atoms with van der Waals surface area (Å²) in [6, 6.07) is 10.1. The average molecular weight is 240 g/mol. The van der Waals surface area contributed by atoms with Gasteiger partial charge in [0.15, 0.2) is 0 Å². The van der Waals surface area contributed by atoms with Crippen molar-refractivity contribution in [2.75, 3.05) is 0 Å².